The number of carbonyl (C=O) groups excluding carboxylic acids is 3. The molecular weight excluding hydrogens is 388 g/mol. The van der Waals surface area contributed by atoms with Crippen molar-refractivity contribution in [2.45, 2.75) is 37.8 Å². The van der Waals surface area contributed by atoms with Crippen LogP contribution in [-0.2, 0) is 22.4 Å². The number of aryl methyl sites for hydroxylation is 1. The van der Waals surface area contributed by atoms with Crippen LogP contribution in [0.25, 0.3) is 0 Å². The van der Waals surface area contributed by atoms with E-state index in [1.165, 1.54) is 17.5 Å². The van der Waals surface area contributed by atoms with Gasteiger partial charge in [0.25, 0.3) is 5.91 Å². The Morgan fingerprint density at radius 1 is 1.37 bits per heavy atom. The number of primary amides is 1. The zero-order valence-electron chi connectivity index (χ0n) is 14.8. The average Bonchev–Trinajstić information content (AvgIpc) is 3.24. The van der Waals surface area contributed by atoms with Gasteiger partial charge in [-0.15, -0.1) is 11.3 Å². The highest BCUT2D eigenvalue weighted by Crippen LogP contribution is 2.38. The van der Waals surface area contributed by atoms with Gasteiger partial charge in [-0.2, -0.15) is 0 Å². The van der Waals surface area contributed by atoms with Gasteiger partial charge in [0, 0.05) is 4.88 Å². The van der Waals surface area contributed by atoms with Crippen molar-refractivity contribution in [3.05, 3.63) is 27.9 Å². The van der Waals surface area contributed by atoms with E-state index in [2.05, 4.69) is 15.3 Å². The van der Waals surface area contributed by atoms with E-state index in [1.54, 1.807) is 6.92 Å². The van der Waals surface area contributed by atoms with Crippen LogP contribution in [0.15, 0.2) is 11.4 Å². The minimum atomic E-state index is -0.512. The summed E-state index contributed by atoms with van der Waals surface area (Å²) >= 11 is 2.58. The van der Waals surface area contributed by atoms with E-state index in [1.807, 2.05) is 0 Å². The molecule has 0 aromatic carbocycles. The molecule has 0 aliphatic heterocycles. The number of nitrogens with one attached hydrogen (secondary N) is 2. The number of hydrogen-bond acceptors (Lipinski definition) is 7. The molecule has 2 aromatic rings. The zero-order valence-corrected chi connectivity index (χ0v) is 16.4. The van der Waals surface area contributed by atoms with Gasteiger partial charge in [0.1, 0.15) is 10.7 Å². The van der Waals surface area contributed by atoms with Crippen LogP contribution in [0.2, 0.25) is 0 Å². The van der Waals surface area contributed by atoms with Crippen molar-refractivity contribution >= 4 is 45.9 Å². The fourth-order valence-electron chi connectivity index (χ4n) is 2.90. The first-order valence-electron chi connectivity index (χ1n) is 8.58. The van der Waals surface area contributed by atoms with Gasteiger partial charge in [-0.1, -0.05) is 11.8 Å². The standard InChI is InChI=1S/C17H20N4O4S2/c1-2-25-16(24)10-7-19-17(20-10)26-8-12(22)21-15-13(14(18)23)9-5-3-4-6-11(9)27-15/h7H,2-6,8H2,1H3,(H2,18,23)(H,19,20)(H,21,22). The SMILES string of the molecule is CCOC(=O)c1cnc(SCC(=O)Nc2sc3c(c2C(N)=O)CCCC3)[nH]1. The lowest BCUT2D eigenvalue weighted by molar-refractivity contribution is -0.113. The molecule has 2 heterocycles. The van der Waals surface area contributed by atoms with Gasteiger partial charge in [0.15, 0.2) is 5.16 Å². The molecule has 0 unspecified atom stereocenters. The van der Waals surface area contributed by atoms with Crippen molar-refractivity contribution in [3.8, 4) is 0 Å². The highest BCUT2D eigenvalue weighted by molar-refractivity contribution is 7.99. The Morgan fingerprint density at radius 2 is 2.15 bits per heavy atom. The molecule has 8 nitrogen and oxygen atoms in total. The number of carbonyl (C=O) groups is 3. The second kappa shape index (κ2) is 8.57. The molecule has 10 heteroatoms. The Kier molecular flexibility index (Phi) is 6.17. The van der Waals surface area contributed by atoms with Crippen LogP contribution in [0.3, 0.4) is 0 Å². The number of ether oxygens (including phenoxy) is 1. The molecule has 0 spiro atoms. The maximum atomic E-state index is 12.3. The van der Waals surface area contributed by atoms with Crippen molar-refractivity contribution in [2.24, 2.45) is 5.73 Å². The van der Waals surface area contributed by atoms with Crippen LogP contribution in [0.5, 0.6) is 0 Å². The first-order chi connectivity index (χ1) is 13.0. The van der Waals surface area contributed by atoms with Gasteiger partial charge in [0.2, 0.25) is 5.91 Å². The first kappa shape index (κ1) is 19.4. The van der Waals surface area contributed by atoms with Crippen LogP contribution in [-0.4, -0.2) is 40.1 Å². The van der Waals surface area contributed by atoms with Crippen LogP contribution < -0.4 is 11.1 Å². The number of nitrogens with two attached hydrogens (primary N) is 1. The third-order valence-corrected chi connectivity index (χ3v) is 6.15. The van der Waals surface area contributed by atoms with Gasteiger partial charge in [0.05, 0.1) is 24.1 Å². The van der Waals surface area contributed by atoms with Crippen molar-refractivity contribution in [3.63, 3.8) is 0 Å². The molecule has 0 radical (unpaired) electrons. The summed E-state index contributed by atoms with van der Waals surface area (Å²) in [5.74, 6) is -1.19. The molecule has 0 atom stereocenters. The third-order valence-electron chi connectivity index (χ3n) is 4.06. The average molecular weight is 409 g/mol. The van der Waals surface area contributed by atoms with E-state index >= 15 is 0 Å². The van der Waals surface area contributed by atoms with Gasteiger partial charge >= 0.3 is 5.97 Å². The number of rotatable bonds is 7. The number of thioether (sulfide) groups is 1. The highest BCUT2D eigenvalue weighted by Gasteiger charge is 2.25. The molecule has 0 fully saturated rings. The number of esters is 1. The molecule has 0 saturated carbocycles. The number of aromatic nitrogens is 2. The van der Waals surface area contributed by atoms with E-state index in [-0.39, 0.29) is 24.0 Å². The fourth-order valence-corrected chi connectivity index (χ4v) is 4.86. The summed E-state index contributed by atoms with van der Waals surface area (Å²) < 4.78 is 4.88. The van der Waals surface area contributed by atoms with Gasteiger partial charge in [-0.25, -0.2) is 9.78 Å². The number of hydrogen-bond donors (Lipinski definition) is 3. The van der Waals surface area contributed by atoms with Crippen LogP contribution in [0, 0.1) is 0 Å². The van der Waals surface area contributed by atoms with E-state index < -0.39 is 11.9 Å². The molecule has 3 rings (SSSR count). The summed E-state index contributed by atoms with van der Waals surface area (Å²) in [7, 11) is 0. The number of amides is 2. The van der Waals surface area contributed by atoms with E-state index in [4.69, 9.17) is 10.5 Å². The minimum absolute atomic E-state index is 0.0799. The number of fused-ring (bicyclic) bond motifs is 1. The normalized spacial score (nSPS) is 13.1. The predicted octanol–water partition coefficient (Wildman–Crippen LogP) is 2.36. The molecule has 0 bridgehead atoms. The van der Waals surface area contributed by atoms with Crippen LogP contribution >= 0.6 is 23.1 Å². The first-order valence-corrected chi connectivity index (χ1v) is 10.4. The number of H-pyrrole nitrogens is 1. The number of imidazole rings is 1. The summed E-state index contributed by atoms with van der Waals surface area (Å²) in [4.78, 5) is 43.8. The molecule has 0 saturated heterocycles. The quantitative estimate of drug-likeness (QED) is 0.477. The number of thiophene rings is 1. The Bertz CT molecular complexity index is 874. The van der Waals surface area contributed by atoms with Gasteiger partial charge in [-0.05, 0) is 38.2 Å². The molecular formula is C17H20N4O4S2. The van der Waals surface area contributed by atoms with E-state index in [9.17, 15) is 14.4 Å². The summed E-state index contributed by atoms with van der Waals surface area (Å²) in [5.41, 5.74) is 7.19. The van der Waals surface area contributed by atoms with Crippen molar-refractivity contribution in [1.82, 2.24) is 9.97 Å². The van der Waals surface area contributed by atoms with Gasteiger partial charge < -0.3 is 20.8 Å². The lowest BCUT2D eigenvalue weighted by atomic mass is 9.95. The van der Waals surface area contributed by atoms with Crippen molar-refractivity contribution in [1.29, 1.82) is 0 Å². The molecule has 2 aromatic heterocycles. The topological polar surface area (TPSA) is 127 Å². The van der Waals surface area contributed by atoms with E-state index in [0.29, 0.717) is 15.7 Å². The Labute approximate surface area is 164 Å². The minimum Gasteiger partial charge on any atom is -0.461 e. The highest BCUT2D eigenvalue weighted by atomic mass is 32.2. The molecule has 2 amide bonds. The van der Waals surface area contributed by atoms with Gasteiger partial charge in [-0.3, -0.25) is 9.59 Å². The molecule has 1 aliphatic carbocycles. The lowest BCUT2D eigenvalue weighted by Crippen LogP contribution is -2.19. The molecule has 1 aliphatic rings. The Morgan fingerprint density at radius 3 is 2.89 bits per heavy atom. The maximum Gasteiger partial charge on any atom is 0.356 e. The Balaban J connectivity index is 1.62. The summed E-state index contributed by atoms with van der Waals surface area (Å²) in [6, 6.07) is 0. The Hall–Kier alpha value is -2.33. The molecule has 27 heavy (non-hydrogen) atoms. The third kappa shape index (κ3) is 4.51. The monoisotopic (exact) mass is 408 g/mol. The van der Waals surface area contributed by atoms with Crippen LogP contribution in [0.4, 0.5) is 5.00 Å². The number of aromatic amines is 1. The zero-order chi connectivity index (χ0) is 19.4. The predicted molar refractivity (Wildman–Crippen MR) is 103 cm³/mol. The molecule has 4 N–H and O–H groups in total. The molecule has 144 valence electrons. The van der Waals surface area contributed by atoms with Crippen molar-refractivity contribution < 1.29 is 19.1 Å². The lowest BCUT2D eigenvalue weighted by Gasteiger charge is -2.11. The summed E-state index contributed by atoms with van der Waals surface area (Å²) in [6.07, 6.45) is 5.20. The fraction of sp³-hybridized carbons (Fsp3) is 0.412. The number of nitrogens with zero attached hydrogens (tertiary/aromatic N) is 1. The second-order valence-corrected chi connectivity index (χ2v) is 8.01. The summed E-state index contributed by atoms with van der Waals surface area (Å²) in [6.45, 7) is 1.99. The van der Waals surface area contributed by atoms with E-state index in [0.717, 1.165) is 47.9 Å². The number of anilines is 1. The van der Waals surface area contributed by atoms with Crippen LogP contribution in [0.1, 0.15) is 51.1 Å². The van der Waals surface area contributed by atoms with Crippen molar-refractivity contribution in [2.75, 3.05) is 17.7 Å². The summed E-state index contributed by atoms with van der Waals surface area (Å²) in [5, 5.41) is 3.75. The second-order valence-electron chi connectivity index (χ2n) is 5.94. The maximum absolute atomic E-state index is 12.3. The smallest absolute Gasteiger partial charge is 0.356 e. The largest absolute Gasteiger partial charge is 0.461 e.